The highest BCUT2D eigenvalue weighted by Gasteiger charge is 2.20. The number of piperazine rings is 1. The second kappa shape index (κ2) is 8.55. The number of carbonyl (C=O) groups is 1. The van der Waals surface area contributed by atoms with Crippen LogP contribution in [0.3, 0.4) is 0 Å². The molecule has 3 heterocycles. The lowest BCUT2D eigenvalue weighted by Gasteiger charge is -2.36. The summed E-state index contributed by atoms with van der Waals surface area (Å²) in [6.45, 7) is 3.27. The van der Waals surface area contributed by atoms with E-state index in [0.717, 1.165) is 37.8 Å². The van der Waals surface area contributed by atoms with Crippen LogP contribution < -0.4 is 19.9 Å². The van der Waals surface area contributed by atoms with Crippen LogP contribution in [0.25, 0.3) is 0 Å². The van der Waals surface area contributed by atoms with E-state index in [1.807, 2.05) is 30.3 Å². The van der Waals surface area contributed by atoms with Gasteiger partial charge in [-0.3, -0.25) is 4.79 Å². The predicted octanol–water partition coefficient (Wildman–Crippen LogP) is 2.46. The van der Waals surface area contributed by atoms with E-state index in [0.29, 0.717) is 17.1 Å². The topological polar surface area (TPSA) is 83.5 Å². The highest BCUT2D eigenvalue weighted by Crippen LogP contribution is 2.19. The van der Waals surface area contributed by atoms with Gasteiger partial charge >= 0.3 is 0 Å². The van der Waals surface area contributed by atoms with Crippen LogP contribution in [0, 0.1) is 0 Å². The van der Waals surface area contributed by atoms with Gasteiger partial charge in [0.25, 0.3) is 5.91 Å². The number of carbonyl (C=O) groups excluding carboxylic acids is 1. The maximum atomic E-state index is 12.6. The molecule has 8 heteroatoms. The van der Waals surface area contributed by atoms with Crippen molar-refractivity contribution < 1.29 is 9.53 Å². The molecule has 29 heavy (non-hydrogen) atoms. The molecule has 4 rings (SSSR count). The minimum Gasteiger partial charge on any atom is -0.497 e. The number of rotatable bonds is 5. The lowest BCUT2D eigenvalue weighted by atomic mass is 10.2. The van der Waals surface area contributed by atoms with Gasteiger partial charge in [-0.2, -0.15) is 0 Å². The van der Waals surface area contributed by atoms with Crippen molar-refractivity contribution in [3.63, 3.8) is 0 Å². The number of hydrogen-bond acceptors (Lipinski definition) is 7. The van der Waals surface area contributed by atoms with Gasteiger partial charge in [-0.05, 0) is 24.3 Å². The maximum Gasteiger partial charge on any atom is 0.274 e. The second-order valence-corrected chi connectivity index (χ2v) is 6.61. The number of anilines is 3. The van der Waals surface area contributed by atoms with Gasteiger partial charge in [0.1, 0.15) is 29.4 Å². The molecule has 1 aliphatic heterocycles. The molecule has 2 aromatic heterocycles. The Bertz CT molecular complexity index is 974. The van der Waals surface area contributed by atoms with Crippen LogP contribution in [0.1, 0.15) is 10.5 Å². The lowest BCUT2D eigenvalue weighted by molar-refractivity contribution is 0.102. The highest BCUT2D eigenvalue weighted by atomic mass is 16.5. The number of ether oxygens (including phenoxy) is 1. The summed E-state index contributed by atoms with van der Waals surface area (Å²) in [5.41, 5.74) is 0.975. The molecule has 8 nitrogen and oxygen atoms in total. The standard InChI is InChI=1S/C21H22N6O2/c1-29-17-6-4-5-16(13-17)25-21(28)18-14-20(24-15-23-18)27-11-9-26(10-12-27)19-7-2-3-8-22-19/h2-8,13-15H,9-12H2,1H3,(H,25,28). The molecule has 0 aliphatic carbocycles. The van der Waals surface area contributed by atoms with Gasteiger partial charge in [-0.15, -0.1) is 0 Å². The summed E-state index contributed by atoms with van der Waals surface area (Å²) in [4.78, 5) is 29.9. The van der Waals surface area contributed by atoms with Crippen molar-refractivity contribution in [3.8, 4) is 5.75 Å². The summed E-state index contributed by atoms with van der Waals surface area (Å²) in [6.07, 6.45) is 3.24. The summed E-state index contributed by atoms with van der Waals surface area (Å²) < 4.78 is 5.19. The minimum absolute atomic E-state index is 0.283. The Morgan fingerprint density at radius 3 is 2.45 bits per heavy atom. The minimum atomic E-state index is -0.283. The van der Waals surface area contributed by atoms with E-state index in [1.54, 1.807) is 31.5 Å². The van der Waals surface area contributed by atoms with E-state index < -0.39 is 0 Å². The molecular weight excluding hydrogens is 368 g/mol. The average molecular weight is 390 g/mol. The fourth-order valence-corrected chi connectivity index (χ4v) is 3.25. The van der Waals surface area contributed by atoms with Crippen LogP contribution in [0.4, 0.5) is 17.3 Å². The van der Waals surface area contributed by atoms with Crippen LogP contribution in [0.5, 0.6) is 5.75 Å². The third-order valence-electron chi connectivity index (χ3n) is 4.79. The van der Waals surface area contributed by atoms with Gasteiger partial charge in [0.15, 0.2) is 0 Å². The molecule has 0 radical (unpaired) electrons. The zero-order chi connectivity index (χ0) is 20.1. The van der Waals surface area contributed by atoms with Crippen LogP contribution in [-0.4, -0.2) is 54.1 Å². The van der Waals surface area contributed by atoms with Gasteiger partial charge in [-0.25, -0.2) is 15.0 Å². The summed E-state index contributed by atoms with van der Waals surface area (Å²) >= 11 is 0. The third-order valence-corrected chi connectivity index (χ3v) is 4.79. The van der Waals surface area contributed by atoms with Gasteiger partial charge in [0, 0.05) is 50.2 Å². The molecule has 0 spiro atoms. The van der Waals surface area contributed by atoms with Gasteiger partial charge in [-0.1, -0.05) is 12.1 Å². The fourth-order valence-electron chi connectivity index (χ4n) is 3.25. The monoisotopic (exact) mass is 390 g/mol. The number of methoxy groups -OCH3 is 1. The third kappa shape index (κ3) is 4.43. The lowest BCUT2D eigenvalue weighted by Crippen LogP contribution is -2.47. The number of hydrogen-bond donors (Lipinski definition) is 1. The zero-order valence-electron chi connectivity index (χ0n) is 16.2. The van der Waals surface area contributed by atoms with E-state index in [-0.39, 0.29) is 5.91 Å². The van der Waals surface area contributed by atoms with E-state index in [9.17, 15) is 4.79 Å². The van der Waals surface area contributed by atoms with Gasteiger partial charge in [0.2, 0.25) is 0 Å². The Morgan fingerprint density at radius 2 is 1.72 bits per heavy atom. The molecule has 1 aromatic carbocycles. The maximum absolute atomic E-state index is 12.6. The Morgan fingerprint density at radius 1 is 0.931 bits per heavy atom. The summed E-state index contributed by atoms with van der Waals surface area (Å²) in [7, 11) is 1.59. The second-order valence-electron chi connectivity index (χ2n) is 6.61. The van der Waals surface area contributed by atoms with Crippen molar-refractivity contribution in [2.24, 2.45) is 0 Å². The van der Waals surface area contributed by atoms with Crippen LogP contribution >= 0.6 is 0 Å². The summed E-state index contributed by atoms with van der Waals surface area (Å²) in [5, 5.41) is 2.85. The van der Waals surface area contributed by atoms with Crippen molar-refractivity contribution >= 4 is 23.2 Å². The molecule has 1 aliphatic rings. The first-order chi connectivity index (χ1) is 14.2. The highest BCUT2D eigenvalue weighted by molar-refractivity contribution is 6.03. The predicted molar refractivity (Wildman–Crippen MR) is 112 cm³/mol. The largest absolute Gasteiger partial charge is 0.497 e. The smallest absolute Gasteiger partial charge is 0.274 e. The first-order valence-corrected chi connectivity index (χ1v) is 9.41. The van der Waals surface area contributed by atoms with E-state index in [1.165, 1.54) is 6.33 Å². The Balaban J connectivity index is 1.41. The van der Waals surface area contributed by atoms with Crippen LogP contribution in [0.2, 0.25) is 0 Å². The van der Waals surface area contributed by atoms with Crippen LogP contribution in [0.15, 0.2) is 61.1 Å². The molecule has 1 N–H and O–H groups in total. The fraction of sp³-hybridized carbons (Fsp3) is 0.238. The van der Waals surface area contributed by atoms with Gasteiger partial charge < -0.3 is 19.9 Å². The molecule has 148 valence electrons. The van der Waals surface area contributed by atoms with E-state index >= 15 is 0 Å². The van der Waals surface area contributed by atoms with Crippen molar-refractivity contribution in [2.75, 3.05) is 48.4 Å². The summed E-state index contributed by atoms with van der Waals surface area (Å²) in [6, 6.07) is 14.9. The average Bonchev–Trinajstić information content (AvgIpc) is 2.80. The molecule has 0 unspecified atom stereocenters. The Kier molecular flexibility index (Phi) is 5.51. The number of aromatic nitrogens is 3. The quantitative estimate of drug-likeness (QED) is 0.716. The van der Waals surface area contributed by atoms with Crippen molar-refractivity contribution in [2.45, 2.75) is 0 Å². The first-order valence-electron chi connectivity index (χ1n) is 9.41. The molecular formula is C21H22N6O2. The van der Waals surface area contributed by atoms with Crippen molar-refractivity contribution in [1.82, 2.24) is 15.0 Å². The summed E-state index contributed by atoms with van der Waals surface area (Å²) in [5.74, 6) is 2.12. The molecule has 1 saturated heterocycles. The van der Waals surface area contributed by atoms with E-state index in [4.69, 9.17) is 4.74 Å². The van der Waals surface area contributed by atoms with E-state index in [2.05, 4.69) is 30.1 Å². The van der Waals surface area contributed by atoms with Crippen LogP contribution in [-0.2, 0) is 0 Å². The number of nitrogens with zero attached hydrogens (tertiary/aromatic N) is 5. The molecule has 0 saturated carbocycles. The number of pyridine rings is 1. The number of benzene rings is 1. The Hall–Kier alpha value is -3.68. The molecule has 0 atom stereocenters. The van der Waals surface area contributed by atoms with Crippen molar-refractivity contribution in [1.29, 1.82) is 0 Å². The van der Waals surface area contributed by atoms with Crippen molar-refractivity contribution in [3.05, 3.63) is 66.7 Å². The molecule has 1 fully saturated rings. The SMILES string of the molecule is COc1cccc(NC(=O)c2cc(N3CCN(c4ccccn4)CC3)ncn2)c1. The number of nitrogens with one attached hydrogen (secondary N) is 1. The zero-order valence-corrected chi connectivity index (χ0v) is 16.2. The Labute approximate surface area is 169 Å². The normalized spacial score (nSPS) is 13.8. The van der Waals surface area contributed by atoms with Gasteiger partial charge in [0.05, 0.1) is 7.11 Å². The first kappa shape index (κ1) is 18.7. The molecule has 1 amide bonds. The molecule has 0 bridgehead atoms. The number of amides is 1. The molecule has 3 aromatic rings.